The maximum Gasteiger partial charge on any atom is 0.243 e. The summed E-state index contributed by atoms with van der Waals surface area (Å²) < 4.78 is 28.2. The molecule has 1 aromatic rings. The normalized spacial score (nSPS) is 16.0. The lowest BCUT2D eigenvalue weighted by Gasteiger charge is -2.36. The maximum absolute atomic E-state index is 13.3. The zero-order valence-corrected chi connectivity index (χ0v) is 18.2. The molecule has 7 heteroatoms. The molecule has 0 atom stereocenters. The summed E-state index contributed by atoms with van der Waals surface area (Å²) in [5.74, 6) is 0. The number of benzene rings is 1. The molecule has 0 radical (unpaired) electrons. The van der Waals surface area contributed by atoms with Gasteiger partial charge in [0.05, 0.1) is 4.90 Å². The highest BCUT2D eigenvalue weighted by Gasteiger charge is 2.32. The van der Waals surface area contributed by atoms with Gasteiger partial charge in [0.15, 0.2) is 5.11 Å². The van der Waals surface area contributed by atoms with Crippen LogP contribution in [0.1, 0.15) is 42.0 Å². The van der Waals surface area contributed by atoms with Gasteiger partial charge in [-0.2, -0.15) is 4.31 Å². The van der Waals surface area contributed by atoms with Crippen LogP contribution in [0.25, 0.3) is 0 Å². The number of sulfonamides is 1. The number of hydrogen-bond donors (Lipinski definition) is 1. The van der Waals surface area contributed by atoms with Crippen LogP contribution in [0, 0.1) is 27.7 Å². The minimum absolute atomic E-state index is 0.462. The number of nitrogens with zero attached hydrogens (tertiary/aromatic N) is 2. The lowest BCUT2D eigenvalue weighted by atomic mass is 10.0. The van der Waals surface area contributed by atoms with Gasteiger partial charge in [0, 0.05) is 32.7 Å². The molecule has 0 bridgehead atoms. The number of hydrogen-bond acceptors (Lipinski definition) is 3. The highest BCUT2D eigenvalue weighted by Crippen LogP contribution is 2.29. The average molecular weight is 398 g/mol. The van der Waals surface area contributed by atoms with Gasteiger partial charge in [0.25, 0.3) is 0 Å². The Labute approximate surface area is 163 Å². The zero-order chi connectivity index (χ0) is 19.5. The third kappa shape index (κ3) is 4.38. The molecule has 0 spiro atoms. The quantitative estimate of drug-likeness (QED) is 0.612. The largest absolute Gasteiger partial charge is 0.363 e. The van der Waals surface area contributed by atoms with E-state index in [9.17, 15) is 8.42 Å². The number of thiocarbonyl (C=S) groups is 1. The Hall–Kier alpha value is -1.18. The van der Waals surface area contributed by atoms with Crippen LogP contribution in [0.15, 0.2) is 11.0 Å². The van der Waals surface area contributed by atoms with E-state index in [4.69, 9.17) is 12.2 Å². The van der Waals surface area contributed by atoms with Crippen LogP contribution in [-0.2, 0) is 10.0 Å². The first-order valence-corrected chi connectivity index (χ1v) is 11.1. The van der Waals surface area contributed by atoms with Crippen molar-refractivity contribution in [1.82, 2.24) is 14.5 Å². The fourth-order valence-corrected chi connectivity index (χ4v) is 5.59. The Bertz CT molecular complexity index is 741. The zero-order valence-electron chi connectivity index (χ0n) is 16.6. The van der Waals surface area contributed by atoms with E-state index in [1.807, 2.05) is 27.7 Å². The minimum Gasteiger partial charge on any atom is -0.363 e. The standard InChI is InChI=1S/C19H31N3O2S2/c1-6-7-8-20-19(25)21-9-11-22(12-10-21)26(23,24)18-16(4)14(2)13-15(3)17(18)5/h13H,6-12H2,1-5H3,(H,20,25). The molecule has 1 N–H and O–H groups in total. The van der Waals surface area contributed by atoms with E-state index in [2.05, 4.69) is 23.2 Å². The molecular weight excluding hydrogens is 366 g/mol. The van der Waals surface area contributed by atoms with E-state index in [-0.39, 0.29) is 0 Å². The van der Waals surface area contributed by atoms with Gasteiger partial charge in [-0.25, -0.2) is 8.42 Å². The molecule has 1 aliphatic rings. The predicted molar refractivity (Wildman–Crippen MR) is 111 cm³/mol. The molecule has 0 unspecified atom stereocenters. The molecular formula is C19H31N3O2S2. The summed E-state index contributed by atoms with van der Waals surface area (Å²) in [7, 11) is -3.50. The number of aryl methyl sites for hydroxylation is 2. The molecule has 1 saturated heterocycles. The van der Waals surface area contributed by atoms with Gasteiger partial charge in [-0.15, -0.1) is 0 Å². The predicted octanol–water partition coefficient (Wildman–Crippen LogP) is 2.90. The molecule has 0 amide bonds. The average Bonchev–Trinajstić information content (AvgIpc) is 2.60. The summed E-state index contributed by atoms with van der Waals surface area (Å²) in [6.45, 7) is 12.9. The lowest BCUT2D eigenvalue weighted by molar-refractivity contribution is 0.264. The van der Waals surface area contributed by atoms with Crippen molar-refractivity contribution in [3.8, 4) is 0 Å². The molecule has 0 aromatic heterocycles. The second kappa shape index (κ2) is 8.67. The van der Waals surface area contributed by atoms with E-state index in [0.717, 1.165) is 46.8 Å². The van der Waals surface area contributed by atoms with Gasteiger partial charge in [-0.3, -0.25) is 0 Å². The number of unbranched alkanes of at least 4 members (excludes halogenated alkanes) is 1. The van der Waals surface area contributed by atoms with Gasteiger partial charge in [0.1, 0.15) is 0 Å². The van der Waals surface area contributed by atoms with Gasteiger partial charge in [-0.1, -0.05) is 19.4 Å². The molecule has 26 heavy (non-hydrogen) atoms. The van der Waals surface area contributed by atoms with Crippen molar-refractivity contribution in [3.05, 3.63) is 28.3 Å². The molecule has 0 aliphatic carbocycles. The minimum atomic E-state index is -3.50. The highest BCUT2D eigenvalue weighted by atomic mass is 32.2. The fourth-order valence-electron chi connectivity index (χ4n) is 3.31. The first-order chi connectivity index (χ1) is 12.2. The second-order valence-electron chi connectivity index (χ2n) is 7.07. The lowest BCUT2D eigenvalue weighted by Crippen LogP contribution is -2.53. The van der Waals surface area contributed by atoms with Gasteiger partial charge in [0.2, 0.25) is 10.0 Å². The summed E-state index contributed by atoms with van der Waals surface area (Å²) in [4.78, 5) is 2.55. The summed E-state index contributed by atoms with van der Waals surface area (Å²) in [5.41, 5.74) is 3.75. The van der Waals surface area contributed by atoms with Crippen molar-refractivity contribution in [2.45, 2.75) is 52.4 Å². The fraction of sp³-hybridized carbons (Fsp3) is 0.632. The molecule has 0 saturated carbocycles. The topological polar surface area (TPSA) is 52.6 Å². The SMILES string of the molecule is CCCCNC(=S)N1CCN(S(=O)(=O)c2c(C)c(C)cc(C)c2C)CC1. The summed E-state index contributed by atoms with van der Waals surface area (Å²) in [6.07, 6.45) is 2.20. The third-order valence-corrected chi connectivity index (χ3v) is 7.80. The van der Waals surface area contributed by atoms with Gasteiger partial charge < -0.3 is 10.2 Å². The van der Waals surface area contributed by atoms with Crippen molar-refractivity contribution >= 4 is 27.4 Å². The van der Waals surface area contributed by atoms with Crippen molar-refractivity contribution in [3.63, 3.8) is 0 Å². The van der Waals surface area contributed by atoms with E-state index in [1.165, 1.54) is 0 Å². The van der Waals surface area contributed by atoms with Crippen LogP contribution in [-0.4, -0.2) is 55.5 Å². The smallest absolute Gasteiger partial charge is 0.243 e. The Morgan fingerprint density at radius 2 is 1.62 bits per heavy atom. The second-order valence-corrected chi connectivity index (χ2v) is 9.33. The van der Waals surface area contributed by atoms with Crippen LogP contribution in [0.4, 0.5) is 0 Å². The van der Waals surface area contributed by atoms with Crippen molar-refractivity contribution in [1.29, 1.82) is 0 Å². The molecule has 1 fully saturated rings. The molecule has 146 valence electrons. The summed E-state index contributed by atoms with van der Waals surface area (Å²) >= 11 is 5.44. The van der Waals surface area contributed by atoms with E-state index >= 15 is 0 Å². The summed E-state index contributed by atoms with van der Waals surface area (Å²) in [5, 5.41) is 3.99. The van der Waals surface area contributed by atoms with Crippen LogP contribution in [0.3, 0.4) is 0 Å². The van der Waals surface area contributed by atoms with E-state index < -0.39 is 10.0 Å². The molecule has 1 aliphatic heterocycles. The Balaban J connectivity index is 2.13. The first kappa shape index (κ1) is 21.1. The van der Waals surface area contributed by atoms with Crippen molar-refractivity contribution in [2.24, 2.45) is 0 Å². The third-order valence-electron chi connectivity index (χ3n) is 5.23. The first-order valence-electron chi connectivity index (χ1n) is 9.30. The number of piperazine rings is 1. The van der Waals surface area contributed by atoms with Crippen LogP contribution in [0.2, 0.25) is 0 Å². The van der Waals surface area contributed by atoms with Crippen molar-refractivity contribution in [2.75, 3.05) is 32.7 Å². The Kier molecular flexibility index (Phi) is 7.05. The number of nitrogens with one attached hydrogen (secondary N) is 1. The molecule has 5 nitrogen and oxygen atoms in total. The van der Waals surface area contributed by atoms with Crippen LogP contribution >= 0.6 is 12.2 Å². The van der Waals surface area contributed by atoms with Crippen molar-refractivity contribution < 1.29 is 8.42 Å². The van der Waals surface area contributed by atoms with Gasteiger partial charge in [-0.05, 0) is 68.6 Å². The van der Waals surface area contributed by atoms with Crippen LogP contribution in [0.5, 0.6) is 0 Å². The maximum atomic E-state index is 13.3. The van der Waals surface area contributed by atoms with E-state index in [1.54, 1.807) is 4.31 Å². The molecule has 2 rings (SSSR count). The number of rotatable bonds is 5. The highest BCUT2D eigenvalue weighted by molar-refractivity contribution is 7.89. The van der Waals surface area contributed by atoms with E-state index in [0.29, 0.717) is 31.1 Å². The van der Waals surface area contributed by atoms with Gasteiger partial charge >= 0.3 is 0 Å². The van der Waals surface area contributed by atoms with Crippen LogP contribution < -0.4 is 5.32 Å². The molecule has 1 aromatic carbocycles. The Morgan fingerprint density at radius 3 is 2.12 bits per heavy atom. The molecule has 1 heterocycles. The monoisotopic (exact) mass is 397 g/mol. The summed E-state index contributed by atoms with van der Waals surface area (Å²) in [6, 6.07) is 2.06. The Morgan fingerprint density at radius 1 is 1.08 bits per heavy atom.